The zero-order valence-electron chi connectivity index (χ0n) is 20.2. The molecule has 5 rings (SSSR count). The van der Waals surface area contributed by atoms with Gasteiger partial charge in [0, 0.05) is 16.9 Å². The molecule has 37 heavy (non-hydrogen) atoms. The van der Waals surface area contributed by atoms with Crippen LogP contribution in [0.15, 0.2) is 71.6 Å². The zero-order chi connectivity index (χ0) is 26.2. The molecule has 0 atom stereocenters. The first-order valence-electron chi connectivity index (χ1n) is 11.5. The number of hydrogen-bond donors (Lipinski definition) is 1. The van der Waals surface area contributed by atoms with Gasteiger partial charge in [-0.2, -0.15) is 0 Å². The fraction of sp³-hybridized carbons (Fsp3) is 0.185. The molecule has 0 radical (unpaired) electrons. The van der Waals surface area contributed by atoms with E-state index in [4.69, 9.17) is 9.47 Å². The number of aryl methyl sites for hydroxylation is 1. The molecule has 3 aromatic carbocycles. The van der Waals surface area contributed by atoms with Gasteiger partial charge < -0.3 is 14.8 Å². The Kier molecular flexibility index (Phi) is 6.61. The van der Waals surface area contributed by atoms with Gasteiger partial charge in [0.2, 0.25) is 0 Å². The Bertz CT molecular complexity index is 1630. The first-order valence-corrected chi connectivity index (χ1v) is 13.8. The minimum atomic E-state index is -3.72. The van der Waals surface area contributed by atoms with Crippen LogP contribution in [0.3, 0.4) is 0 Å². The highest BCUT2D eigenvalue weighted by molar-refractivity contribution is 7.92. The number of sulfonamides is 1. The predicted octanol–water partition coefficient (Wildman–Crippen LogP) is 4.77. The van der Waals surface area contributed by atoms with Crippen LogP contribution in [0.5, 0.6) is 5.75 Å². The Morgan fingerprint density at radius 3 is 2.65 bits per heavy atom. The average molecular weight is 537 g/mol. The largest absolute Gasteiger partial charge is 0.483 e. The highest BCUT2D eigenvalue weighted by Gasteiger charge is 2.30. The van der Waals surface area contributed by atoms with Gasteiger partial charge in [-0.25, -0.2) is 13.2 Å². The molecule has 10 heteroatoms. The molecule has 8 nitrogen and oxygen atoms in total. The van der Waals surface area contributed by atoms with Crippen LogP contribution in [0, 0.1) is 6.92 Å². The van der Waals surface area contributed by atoms with E-state index in [2.05, 4.69) is 5.32 Å². The van der Waals surface area contributed by atoms with Gasteiger partial charge in [-0.3, -0.25) is 9.10 Å². The van der Waals surface area contributed by atoms with Gasteiger partial charge in [0.15, 0.2) is 6.61 Å². The number of anilines is 2. The molecule has 0 unspecified atom stereocenters. The lowest BCUT2D eigenvalue weighted by atomic mass is 10.2. The molecule has 0 saturated carbocycles. The van der Waals surface area contributed by atoms with Crippen molar-refractivity contribution in [3.8, 4) is 5.75 Å². The van der Waals surface area contributed by atoms with E-state index >= 15 is 0 Å². The number of carbonyl (C=O) groups excluding carboxylic acids is 2. The number of ether oxygens (including phenoxy) is 2. The summed E-state index contributed by atoms with van der Waals surface area (Å²) >= 11 is 1.32. The lowest BCUT2D eigenvalue weighted by Gasteiger charge is -2.20. The topological polar surface area (TPSA) is 102 Å². The molecular weight excluding hydrogens is 512 g/mol. The van der Waals surface area contributed by atoms with Gasteiger partial charge in [0.25, 0.3) is 15.9 Å². The monoisotopic (exact) mass is 536 g/mol. The van der Waals surface area contributed by atoms with Crippen molar-refractivity contribution in [3.63, 3.8) is 0 Å². The Morgan fingerprint density at radius 2 is 1.86 bits per heavy atom. The molecule has 0 aliphatic carbocycles. The number of carbonyl (C=O) groups is 2. The molecular formula is C27H24N2O6S2. The number of fused-ring (bicyclic) bond motifs is 2. The van der Waals surface area contributed by atoms with Crippen LogP contribution in [-0.2, 0) is 26.0 Å². The Hall–Kier alpha value is -3.89. The normalized spacial score (nSPS) is 12.9. The maximum atomic E-state index is 13.3. The minimum absolute atomic E-state index is 0.175. The SMILES string of the molecule is COC(=O)c1cc2cc(NC(=O)COc3ccc(S(=O)(=O)N4CCc5ccccc54)cc3C)ccc2s1. The molecule has 0 bridgehead atoms. The van der Waals surface area contributed by atoms with E-state index < -0.39 is 16.0 Å². The van der Waals surface area contributed by atoms with Crippen LogP contribution in [0.1, 0.15) is 20.8 Å². The quantitative estimate of drug-likeness (QED) is 0.342. The van der Waals surface area contributed by atoms with Crippen LogP contribution in [0.25, 0.3) is 10.1 Å². The summed E-state index contributed by atoms with van der Waals surface area (Å²) in [6.45, 7) is 1.90. The molecule has 0 spiro atoms. The second-order valence-corrected chi connectivity index (χ2v) is 11.5. The fourth-order valence-corrected chi connectivity index (χ4v) is 6.84. The van der Waals surface area contributed by atoms with E-state index in [1.807, 2.05) is 30.3 Å². The molecule has 4 aromatic rings. The van der Waals surface area contributed by atoms with Crippen LogP contribution < -0.4 is 14.4 Å². The lowest BCUT2D eigenvalue weighted by molar-refractivity contribution is -0.118. The van der Waals surface area contributed by atoms with Crippen molar-refractivity contribution in [1.29, 1.82) is 0 Å². The number of methoxy groups -OCH3 is 1. The van der Waals surface area contributed by atoms with Crippen LogP contribution in [0.2, 0.25) is 0 Å². The van der Waals surface area contributed by atoms with Crippen molar-refractivity contribution in [2.45, 2.75) is 18.2 Å². The molecule has 1 amide bonds. The third kappa shape index (κ3) is 4.90. The van der Waals surface area contributed by atoms with E-state index in [9.17, 15) is 18.0 Å². The number of nitrogens with zero attached hydrogens (tertiary/aromatic N) is 1. The Labute approximate surface area is 218 Å². The van der Waals surface area contributed by atoms with Crippen molar-refractivity contribution in [2.75, 3.05) is 29.9 Å². The Morgan fingerprint density at radius 1 is 1.05 bits per heavy atom. The summed E-state index contributed by atoms with van der Waals surface area (Å²) in [7, 11) is -2.38. The second-order valence-electron chi connectivity index (χ2n) is 8.57. The molecule has 190 valence electrons. The standard InChI is InChI=1S/C27H24N2O6S2/c1-17-13-21(37(32,33)29-12-11-18-5-3-4-6-22(18)29)8-9-23(17)35-16-26(30)28-20-7-10-24-19(14-20)15-25(36-24)27(31)34-2/h3-10,13-15H,11-12,16H2,1-2H3,(H,28,30). The molecule has 0 fully saturated rings. The van der Waals surface area contributed by atoms with Gasteiger partial charge in [0.1, 0.15) is 10.6 Å². The van der Waals surface area contributed by atoms with Crippen molar-refractivity contribution in [1.82, 2.24) is 0 Å². The highest BCUT2D eigenvalue weighted by atomic mass is 32.2. The fourth-order valence-electron chi connectivity index (χ4n) is 4.29. The van der Waals surface area contributed by atoms with Crippen LogP contribution >= 0.6 is 11.3 Å². The van der Waals surface area contributed by atoms with Gasteiger partial charge in [-0.05, 0) is 78.4 Å². The van der Waals surface area contributed by atoms with Gasteiger partial charge in [-0.1, -0.05) is 18.2 Å². The first kappa shape index (κ1) is 24.8. The van der Waals surface area contributed by atoms with Gasteiger partial charge >= 0.3 is 5.97 Å². The second kappa shape index (κ2) is 9.87. The molecule has 0 saturated heterocycles. The third-order valence-corrected chi connectivity index (χ3v) is 9.03. The summed E-state index contributed by atoms with van der Waals surface area (Å²) in [6, 6.07) is 19.2. The number of hydrogen-bond acceptors (Lipinski definition) is 7. The predicted molar refractivity (Wildman–Crippen MR) is 143 cm³/mol. The summed E-state index contributed by atoms with van der Waals surface area (Å²) in [5.74, 6) is -0.348. The number of nitrogens with one attached hydrogen (secondary N) is 1. The minimum Gasteiger partial charge on any atom is -0.483 e. The zero-order valence-corrected chi connectivity index (χ0v) is 21.8. The third-order valence-electron chi connectivity index (χ3n) is 6.12. The maximum absolute atomic E-state index is 13.3. The van der Waals surface area contributed by atoms with Crippen molar-refractivity contribution < 1.29 is 27.5 Å². The highest BCUT2D eigenvalue weighted by Crippen LogP contribution is 2.34. The maximum Gasteiger partial charge on any atom is 0.348 e. The van der Waals surface area contributed by atoms with E-state index in [0.717, 1.165) is 15.6 Å². The van der Waals surface area contributed by atoms with Crippen LogP contribution in [0.4, 0.5) is 11.4 Å². The molecule has 2 heterocycles. The van der Waals surface area contributed by atoms with E-state index in [-0.39, 0.29) is 17.4 Å². The number of benzene rings is 3. The van der Waals surface area contributed by atoms with Gasteiger partial charge in [0.05, 0.1) is 17.7 Å². The number of esters is 1. The van der Waals surface area contributed by atoms with E-state index in [0.29, 0.717) is 40.5 Å². The summed E-state index contributed by atoms with van der Waals surface area (Å²) in [5, 5.41) is 3.60. The molecule has 1 aromatic heterocycles. The van der Waals surface area contributed by atoms with E-state index in [1.165, 1.54) is 28.8 Å². The summed E-state index contributed by atoms with van der Waals surface area (Å²) in [6.07, 6.45) is 0.677. The lowest BCUT2D eigenvalue weighted by Crippen LogP contribution is -2.29. The number of thiophene rings is 1. The molecule has 1 N–H and O–H groups in total. The number of rotatable bonds is 7. The van der Waals surface area contributed by atoms with Crippen LogP contribution in [-0.4, -0.2) is 40.6 Å². The summed E-state index contributed by atoms with van der Waals surface area (Å²) in [4.78, 5) is 24.9. The summed E-state index contributed by atoms with van der Waals surface area (Å²) in [5.41, 5.74) is 2.89. The van der Waals surface area contributed by atoms with Crippen molar-refractivity contribution >= 4 is 54.7 Å². The summed E-state index contributed by atoms with van der Waals surface area (Å²) < 4.78 is 39.3. The molecule has 1 aliphatic heterocycles. The molecule has 1 aliphatic rings. The number of para-hydroxylation sites is 1. The first-order chi connectivity index (χ1) is 17.8. The average Bonchev–Trinajstić information content (AvgIpc) is 3.52. The van der Waals surface area contributed by atoms with Gasteiger partial charge in [-0.15, -0.1) is 11.3 Å². The van der Waals surface area contributed by atoms with Crippen molar-refractivity contribution in [3.05, 3.63) is 82.7 Å². The van der Waals surface area contributed by atoms with Crippen molar-refractivity contribution in [2.24, 2.45) is 0 Å². The number of amides is 1. The smallest absolute Gasteiger partial charge is 0.348 e. The van der Waals surface area contributed by atoms with E-state index in [1.54, 1.807) is 37.3 Å². The Balaban J connectivity index is 1.24.